The van der Waals surface area contributed by atoms with Crippen molar-refractivity contribution in [1.29, 1.82) is 0 Å². The lowest BCUT2D eigenvalue weighted by molar-refractivity contribution is 0.0696. The minimum absolute atomic E-state index is 0.148. The third kappa shape index (κ3) is 2.68. The predicted octanol–water partition coefficient (Wildman–Crippen LogP) is 1.65. The molecule has 1 amide bonds. The highest BCUT2D eigenvalue weighted by Gasteiger charge is 2.20. The molecule has 2 aromatic heterocycles. The fourth-order valence-electron chi connectivity index (χ4n) is 1.91. The topological polar surface area (TPSA) is 77.0 Å². The smallest absolute Gasteiger partial charge is 0.280 e. The van der Waals surface area contributed by atoms with Crippen LogP contribution in [-0.4, -0.2) is 40.1 Å². The number of carbonyl (C=O) groups is 1. The van der Waals surface area contributed by atoms with Crippen LogP contribution in [0.2, 0.25) is 5.15 Å². The molecule has 0 spiro atoms. The molecule has 0 saturated carbocycles. The summed E-state index contributed by atoms with van der Waals surface area (Å²) in [4.78, 5) is 24.8. The number of fused-ring (bicyclic) bond motifs is 1. The van der Waals surface area contributed by atoms with Crippen LogP contribution in [0.15, 0.2) is 6.33 Å². The molecule has 1 aliphatic rings. The number of hydrogen-bond donors (Lipinski definition) is 1. The van der Waals surface area contributed by atoms with E-state index in [9.17, 15) is 4.79 Å². The number of carbonyl (C=O) groups excluding carboxylic acids is 1. The van der Waals surface area contributed by atoms with Gasteiger partial charge in [-0.25, -0.2) is 15.0 Å². The number of nitrogens with one attached hydrogen (secondary N) is 1. The molecule has 0 unspecified atom stereocenters. The molecule has 0 bridgehead atoms. The summed E-state index contributed by atoms with van der Waals surface area (Å²) < 4.78 is 5.25. The molecule has 0 radical (unpaired) electrons. The van der Waals surface area contributed by atoms with E-state index in [0.717, 1.165) is 12.8 Å². The summed E-state index contributed by atoms with van der Waals surface area (Å²) in [5.41, 5.74) is 0.478. The zero-order valence-electron chi connectivity index (χ0n) is 9.93. The van der Waals surface area contributed by atoms with Crippen LogP contribution in [0.25, 0.3) is 10.3 Å². The van der Waals surface area contributed by atoms with Crippen LogP contribution in [0, 0.1) is 0 Å². The van der Waals surface area contributed by atoms with Crippen molar-refractivity contribution in [2.75, 3.05) is 13.2 Å². The number of amides is 1. The normalized spacial score (nSPS) is 16.7. The summed E-state index contributed by atoms with van der Waals surface area (Å²) in [6, 6.07) is 0.148. The molecular weight excluding hydrogens is 288 g/mol. The SMILES string of the molecule is O=C(NC1CCOCC1)c1nc2c(Cl)ncnc2s1. The Morgan fingerprint density at radius 3 is 2.95 bits per heavy atom. The number of aromatic nitrogens is 3. The first-order valence-corrected chi connectivity index (χ1v) is 7.09. The zero-order valence-corrected chi connectivity index (χ0v) is 11.5. The van der Waals surface area contributed by atoms with Gasteiger partial charge in [-0.2, -0.15) is 0 Å². The number of halogens is 1. The van der Waals surface area contributed by atoms with Gasteiger partial charge in [0.25, 0.3) is 5.91 Å². The number of ether oxygens (including phenoxy) is 1. The van der Waals surface area contributed by atoms with Gasteiger partial charge in [-0.05, 0) is 12.8 Å². The van der Waals surface area contributed by atoms with Crippen molar-refractivity contribution in [2.24, 2.45) is 0 Å². The van der Waals surface area contributed by atoms with Gasteiger partial charge < -0.3 is 10.1 Å². The van der Waals surface area contributed by atoms with Crippen molar-refractivity contribution in [3.63, 3.8) is 0 Å². The van der Waals surface area contributed by atoms with Crippen LogP contribution in [0.5, 0.6) is 0 Å². The maximum absolute atomic E-state index is 12.1. The molecule has 0 aromatic carbocycles. The van der Waals surface area contributed by atoms with E-state index in [1.165, 1.54) is 17.7 Å². The molecule has 1 saturated heterocycles. The zero-order chi connectivity index (χ0) is 13.2. The molecule has 3 heterocycles. The van der Waals surface area contributed by atoms with Gasteiger partial charge in [0.15, 0.2) is 10.2 Å². The molecule has 0 atom stereocenters. The lowest BCUT2D eigenvalue weighted by Gasteiger charge is -2.22. The van der Waals surface area contributed by atoms with E-state index in [1.807, 2.05) is 0 Å². The van der Waals surface area contributed by atoms with E-state index in [1.54, 1.807) is 0 Å². The van der Waals surface area contributed by atoms with E-state index in [-0.39, 0.29) is 17.1 Å². The second-order valence-electron chi connectivity index (χ2n) is 4.20. The average molecular weight is 299 g/mol. The largest absolute Gasteiger partial charge is 0.381 e. The maximum atomic E-state index is 12.1. The Morgan fingerprint density at radius 2 is 2.21 bits per heavy atom. The maximum Gasteiger partial charge on any atom is 0.280 e. The van der Waals surface area contributed by atoms with Crippen LogP contribution >= 0.6 is 22.9 Å². The molecule has 3 rings (SSSR count). The summed E-state index contributed by atoms with van der Waals surface area (Å²) in [5, 5.41) is 3.59. The fourth-order valence-corrected chi connectivity index (χ4v) is 2.96. The second kappa shape index (κ2) is 5.36. The summed E-state index contributed by atoms with van der Waals surface area (Å²) in [6.07, 6.45) is 3.03. The van der Waals surface area contributed by atoms with Gasteiger partial charge in [0.2, 0.25) is 0 Å². The third-order valence-corrected chi connectivity index (χ3v) is 4.14. The lowest BCUT2D eigenvalue weighted by Crippen LogP contribution is -2.38. The Bertz CT molecular complexity index is 612. The Hall–Kier alpha value is -1.31. The van der Waals surface area contributed by atoms with Crippen LogP contribution in [0.4, 0.5) is 0 Å². The van der Waals surface area contributed by atoms with Crippen molar-refractivity contribution in [2.45, 2.75) is 18.9 Å². The van der Waals surface area contributed by atoms with Gasteiger partial charge in [0, 0.05) is 19.3 Å². The first kappa shape index (κ1) is 12.7. The number of hydrogen-bond acceptors (Lipinski definition) is 6. The van der Waals surface area contributed by atoms with Crippen LogP contribution in [0.1, 0.15) is 22.6 Å². The molecule has 100 valence electrons. The predicted molar refractivity (Wildman–Crippen MR) is 71.5 cm³/mol. The van der Waals surface area contributed by atoms with Crippen LogP contribution in [0.3, 0.4) is 0 Å². The van der Waals surface area contributed by atoms with Crippen LogP contribution < -0.4 is 5.32 Å². The summed E-state index contributed by atoms with van der Waals surface area (Å²) >= 11 is 7.13. The van der Waals surface area contributed by atoms with E-state index in [2.05, 4.69) is 20.3 Å². The standard InChI is InChI=1S/C11H11ClN4O2S/c12-8-7-10(14-5-13-8)19-11(16-7)9(17)15-6-1-3-18-4-2-6/h5-6H,1-4H2,(H,15,17). The summed E-state index contributed by atoms with van der Waals surface area (Å²) in [6.45, 7) is 1.37. The Kier molecular flexibility index (Phi) is 3.58. The molecule has 6 nitrogen and oxygen atoms in total. The molecule has 1 fully saturated rings. The van der Waals surface area contributed by atoms with Crippen LogP contribution in [-0.2, 0) is 4.74 Å². The van der Waals surface area contributed by atoms with Crippen molar-refractivity contribution >= 4 is 39.2 Å². The quantitative estimate of drug-likeness (QED) is 0.853. The number of nitrogens with zero attached hydrogens (tertiary/aromatic N) is 3. The fraction of sp³-hybridized carbons (Fsp3) is 0.455. The Labute approximate surface area is 118 Å². The highest BCUT2D eigenvalue weighted by Crippen LogP contribution is 2.24. The summed E-state index contributed by atoms with van der Waals surface area (Å²) in [7, 11) is 0. The van der Waals surface area contributed by atoms with Crippen molar-refractivity contribution < 1.29 is 9.53 Å². The molecular formula is C11H11ClN4O2S. The van der Waals surface area contributed by atoms with Gasteiger partial charge in [-0.1, -0.05) is 22.9 Å². The highest BCUT2D eigenvalue weighted by molar-refractivity contribution is 7.19. The van der Waals surface area contributed by atoms with Gasteiger partial charge in [0.1, 0.15) is 16.7 Å². The van der Waals surface area contributed by atoms with Gasteiger partial charge >= 0.3 is 0 Å². The monoisotopic (exact) mass is 298 g/mol. The minimum atomic E-state index is -0.189. The molecule has 8 heteroatoms. The molecule has 0 aliphatic carbocycles. The van der Waals surface area contributed by atoms with Gasteiger partial charge in [0.05, 0.1) is 0 Å². The average Bonchev–Trinajstić information content (AvgIpc) is 2.85. The van der Waals surface area contributed by atoms with Crippen molar-refractivity contribution in [3.05, 3.63) is 16.5 Å². The van der Waals surface area contributed by atoms with Gasteiger partial charge in [-0.15, -0.1) is 0 Å². The van der Waals surface area contributed by atoms with E-state index in [0.29, 0.717) is 28.6 Å². The first-order valence-electron chi connectivity index (χ1n) is 5.89. The number of thiazole rings is 1. The van der Waals surface area contributed by atoms with Crippen molar-refractivity contribution in [1.82, 2.24) is 20.3 Å². The Morgan fingerprint density at radius 1 is 1.42 bits per heavy atom. The molecule has 1 aliphatic heterocycles. The minimum Gasteiger partial charge on any atom is -0.381 e. The first-order chi connectivity index (χ1) is 9.24. The van der Waals surface area contributed by atoms with E-state index < -0.39 is 0 Å². The lowest BCUT2D eigenvalue weighted by atomic mass is 10.1. The highest BCUT2D eigenvalue weighted by atomic mass is 35.5. The number of rotatable bonds is 2. The third-order valence-electron chi connectivity index (χ3n) is 2.90. The molecule has 19 heavy (non-hydrogen) atoms. The second-order valence-corrected chi connectivity index (χ2v) is 5.53. The van der Waals surface area contributed by atoms with Crippen molar-refractivity contribution in [3.8, 4) is 0 Å². The molecule has 2 aromatic rings. The van der Waals surface area contributed by atoms with Gasteiger partial charge in [-0.3, -0.25) is 4.79 Å². The Balaban J connectivity index is 1.79. The van der Waals surface area contributed by atoms with E-state index in [4.69, 9.17) is 16.3 Å². The molecule has 1 N–H and O–H groups in total. The van der Waals surface area contributed by atoms with E-state index >= 15 is 0 Å². The summed E-state index contributed by atoms with van der Waals surface area (Å²) in [5.74, 6) is -0.189.